The van der Waals surface area contributed by atoms with E-state index < -0.39 is 24.0 Å². The van der Waals surface area contributed by atoms with Gasteiger partial charge in [0.05, 0.1) is 18.5 Å². The Morgan fingerprint density at radius 2 is 2.00 bits per heavy atom. The van der Waals surface area contributed by atoms with Crippen molar-refractivity contribution < 1.29 is 22.3 Å². The zero-order valence-electron chi connectivity index (χ0n) is 11.7. The Morgan fingerprint density at radius 3 is 2.59 bits per heavy atom. The molecule has 0 unspecified atom stereocenters. The molecule has 0 saturated carbocycles. The summed E-state index contributed by atoms with van der Waals surface area (Å²) in [5.74, 6) is -1.13. The van der Waals surface area contributed by atoms with Gasteiger partial charge in [0.1, 0.15) is 11.6 Å². The molecule has 1 saturated heterocycles. The Balaban J connectivity index is 2.29. The van der Waals surface area contributed by atoms with E-state index in [1.54, 1.807) is 0 Å². The molecule has 1 aliphatic heterocycles. The van der Waals surface area contributed by atoms with Gasteiger partial charge in [-0.05, 0) is 18.2 Å². The molecule has 4 nitrogen and oxygen atoms in total. The molecule has 1 atom stereocenters. The van der Waals surface area contributed by atoms with Crippen LogP contribution in [0.5, 0.6) is 5.75 Å². The van der Waals surface area contributed by atoms with Gasteiger partial charge < -0.3 is 10.1 Å². The molecule has 0 radical (unpaired) electrons. The van der Waals surface area contributed by atoms with Crippen LogP contribution in [0.1, 0.15) is 18.0 Å². The van der Waals surface area contributed by atoms with Gasteiger partial charge in [0.2, 0.25) is 0 Å². The number of alkyl halides is 3. The fraction of sp³-hybridized carbons (Fsp3) is 0.500. The maximum absolute atomic E-state index is 14.0. The van der Waals surface area contributed by atoms with Crippen LogP contribution in [-0.2, 0) is 0 Å². The van der Waals surface area contributed by atoms with Gasteiger partial charge in [0, 0.05) is 31.7 Å². The number of rotatable bonds is 4. The molecule has 0 bridgehead atoms. The molecule has 8 heteroatoms. The summed E-state index contributed by atoms with van der Waals surface area (Å²) >= 11 is 0. The van der Waals surface area contributed by atoms with Gasteiger partial charge in [-0.25, -0.2) is 4.39 Å². The van der Waals surface area contributed by atoms with Crippen LogP contribution in [0.15, 0.2) is 18.2 Å². The molecule has 1 fully saturated rings. The predicted molar refractivity (Wildman–Crippen MR) is 70.5 cm³/mol. The Kier molecular flexibility index (Phi) is 5.21. The van der Waals surface area contributed by atoms with E-state index in [1.165, 1.54) is 0 Å². The maximum atomic E-state index is 14.0. The van der Waals surface area contributed by atoms with Crippen LogP contribution < -0.4 is 10.1 Å². The SMILES string of the molecule is N#CC[C@H](c1cc(OC(F)(F)F)ccc1F)N1CCNCC1. The average Bonchev–Trinajstić information content (AvgIpc) is 2.46. The van der Waals surface area contributed by atoms with E-state index in [-0.39, 0.29) is 12.0 Å². The first kappa shape index (κ1) is 16.5. The van der Waals surface area contributed by atoms with Gasteiger partial charge in [-0.1, -0.05) is 0 Å². The summed E-state index contributed by atoms with van der Waals surface area (Å²) in [6.45, 7) is 2.55. The molecule has 0 aliphatic carbocycles. The zero-order valence-corrected chi connectivity index (χ0v) is 11.7. The van der Waals surface area contributed by atoms with Crippen molar-refractivity contribution in [1.82, 2.24) is 10.2 Å². The third kappa shape index (κ3) is 4.32. The molecule has 0 aromatic heterocycles. The highest BCUT2D eigenvalue weighted by molar-refractivity contribution is 5.32. The van der Waals surface area contributed by atoms with Crippen molar-refractivity contribution in [2.45, 2.75) is 18.8 Å². The Labute approximate surface area is 125 Å². The molecule has 1 aromatic carbocycles. The van der Waals surface area contributed by atoms with Crippen molar-refractivity contribution in [2.75, 3.05) is 26.2 Å². The molecule has 0 spiro atoms. The number of hydrogen-bond acceptors (Lipinski definition) is 4. The van der Waals surface area contributed by atoms with Gasteiger partial charge in [0.25, 0.3) is 0 Å². The van der Waals surface area contributed by atoms with Crippen molar-refractivity contribution in [3.63, 3.8) is 0 Å². The highest BCUT2D eigenvalue weighted by atomic mass is 19.4. The van der Waals surface area contributed by atoms with Crippen molar-refractivity contribution in [2.24, 2.45) is 0 Å². The summed E-state index contributed by atoms with van der Waals surface area (Å²) in [4.78, 5) is 1.88. The molecular formula is C14H15F4N3O. The van der Waals surface area contributed by atoms with Crippen LogP contribution >= 0.6 is 0 Å². The molecule has 1 heterocycles. The number of halogens is 4. The molecular weight excluding hydrogens is 302 g/mol. The Morgan fingerprint density at radius 1 is 1.32 bits per heavy atom. The highest BCUT2D eigenvalue weighted by Crippen LogP contribution is 2.31. The third-order valence-corrected chi connectivity index (χ3v) is 3.44. The second-order valence-corrected chi connectivity index (χ2v) is 4.90. The van der Waals surface area contributed by atoms with E-state index in [0.29, 0.717) is 26.2 Å². The normalized spacial score (nSPS) is 17.8. The minimum absolute atomic E-state index is 0.00755. The highest BCUT2D eigenvalue weighted by Gasteiger charge is 2.32. The van der Waals surface area contributed by atoms with E-state index in [0.717, 1.165) is 18.2 Å². The largest absolute Gasteiger partial charge is 0.573 e. The summed E-state index contributed by atoms with van der Waals surface area (Å²) in [6, 6.07) is 4.25. The summed E-state index contributed by atoms with van der Waals surface area (Å²) in [6.07, 6.45) is -4.85. The van der Waals surface area contributed by atoms with Crippen molar-refractivity contribution in [3.05, 3.63) is 29.6 Å². The molecule has 120 valence electrons. The molecule has 1 N–H and O–H groups in total. The Hall–Kier alpha value is -1.85. The van der Waals surface area contributed by atoms with Crippen LogP contribution in [0, 0.1) is 17.1 Å². The van der Waals surface area contributed by atoms with Gasteiger partial charge >= 0.3 is 6.36 Å². The second-order valence-electron chi connectivity index (χ2n) is 4.90. The summed E-state index contributed by atoms with van der Waals surface area (Å²) < 4.78 is 54.7. The van der Waals surface area contributed by atoms with Gasteiger partial charge in [-0.2, -0.15) is 5.26 Å². The van der Waals surface area contributed by atoms with E-state index in [4.69, 9.17) is 5.26 Å². The molecule has 2 rings (SSSR count). The number of nitrogens with zero attached hydrogens (tertiary/aromatic N) is 2. The van der Waals surface area contributed by atoms with E-state index in [9.17, 15) is 17.6 Å². The lowest BCUT2D eigenvalue weighted by atomic mass is 10.0. The van der Waals surface area contributed by atoms with Gasteiger partial charge in [-0.3, -0.25) is 4.90 Å². The van der Waals surface area contributed by atoms with E-state index in [1.807, 2.05) is 11.0 Å². The minimum Gasteiger partial charge on any atom is -0.406 e. The zero-order chi connectivity index (χ0) is 16.2. The van der Waals surface area contributed by atoms with Crippen LogP contribution in [0.4, 0.5) is 17.6 Å². The second kappa shape index (κ2) is 6.94. The van der Waals surface area contributed by atoms with Crippen LogP contribution in [0.25, 0.3) is 0 Å². The lowest BCUT2D eigenvalue weighted by molar-refractivity contribution is -0.274. The van der Waals surface area contributed by atoms with E-state index >= 15 is 0 Å². The molecule has 1 aromatic rings. The first-order valence-corrected chi connectivity index (χ1v) is 6.77. The number of piperazine rings is 1. The standard InChI is InChI=1S/C14H15F4N3O/c15-12-2-1-10(22-14(16,17)18)9-11(12)13(3-4-19)21-7-5-20-6-8-21/h1-2,9,13,20H,3,5-8H2/t13-/m1/s1. The quantitative estimate of drug-likeness (QED) is 0.867. The number of hydrogen-bond donors (Lipinski definition) is 1. The predicted octanol–water partition coefficient (Wildman–Crippen LogP) is 2.58. The monoisotopic (exact) mass is 317 g/mol. The van der Waals surface area contributed by atoms with Crippen molar-refractivity contribution >= 4 is 0 Å². The first-order valence-electron chi connectivity index (χ1n) is 6.77. The summed E-state index contributed by atoms with van der Waals surface area (Å²) in [7, 11) is 0. The number of nitriles is 1. The third-order valence-electron chi connectivity index (χ3n) is 3.44. The number of benzene rings is 1. The van der Waals surface area contributed by atoms with E-state index in [2.05, 4.69) is 10.1 Å². The molecule has 22 heavy (non-hydrogen) atoms. The molecule has 1 aliphatic rings. The number of ether oxygens (including phenoxy) is 1. The van der Waals surface area contributed by atoms with Gasteiger partial charge in [0.15, 0.2) is 0 Å². The maximum Gasteiger partial charge on any atom is 0.573 e. The minimum atomic E-state index is -4.84. The van der Waals surface area contributed by atoms with Crippen LogP contribution in [0.2, 0.25) is 0 Å². The lowest BCUT2D eigenvalue weighted by Gasteiger charge is -2.34. The Bertz CT molecular complexity index is 550. The average molecular weight is 317 g/mol. The van der Waals surface area contributed by atoms with Crippen molar-refractivity contribution in [3.8, 4) is 11.8 Å². The smallest absolute Gasteiger partial charge is 0.406 e. The molecule has 0 amide bonds. The topological polar surface area (TPSA) is 48.3 Å². The summed E-state index contributed by atoms with van der Waals surface area (Å²) in [5.41, 5.74) is 0.0465. The van der Waals surface area contributed by atoms with Crippen LogP contribution in [-0.4, -0.2) is 37.4 Å². The van der Waals surface area contributed by atoms with Crippen molar-refractivity contribution in [1.29, 1.82) is 5.26 Å². The van der Waals surface area contributed by atoms with Gasteiger partial charge in [-0.15, -0.1) is 13.2 Å². The first-order chi connectivity index (χ1) is 10.4. The fourth-order valence-corrected chi connectivity index (χ4v) is 2.49. The van der Waals surface area contributed by atoms with Crippen LogP contribution in [0.3, 0.4) is 0 Å². The lowest BCUT2D eigenvalue weighted by Crippen LogP contribution is -2.45. The number of nitrogens with one attached hydrogen (secondary N) is 1. The fourth-order valence-electron chi connectivity index (χ4n) is 2.49. The summed E-state index contributed by atoms with van der Waals surface area (Å²) in [5, 5.41) is 12.1.